The van der Waals surface area contributed by atoms with Crippen LogP contribution < -0.4 is 0 Å². The van der Waals surface area contributed by atoms with Crippen LogP contribution in [0.5, 0.6) is 0 Å². The average Bonchev–Trinajstić information content (AvgIpc) is 2.17. The Balaban J connectivity index is 3.02. The van der Waals surface area contributed by atoms with E-state index in [1.165, 1.54) is 12.1 Å². The molecule has 3 heteroatoms. The van der Waals surface area contributed by atoms with Gasteiger partial charge in [0.25, 0.3) is 0 Å². The van der Waals surface area contributed by atoms with Crippen LogP contribution in [0.15, 0.2) is 18.2 Å². The summed E-state index contributed by atoms with van der Waals surface area (Å²) in [5.41, 5.74) is 0.701. The summed E-state index contributed by atoms with van der Waals surface area (Å²) in [5.74, 6) is -0.754. The summed E-state index contributed by atoms with van der Waals surface area (Å²) in [4.78, 5) is 11.2. The van der Waals surface area contributed by atoms with Crippen molar-refractivity contribution in [1.29, 1.82) is 5.26 Å². The molecule has 1 aromatic carbocycles. The van der Waals surface area contributed by atoms with Crippen molar-refractivity contribution in [3.63, 3.8) is 0 Å². The quantitative estimate of drug-likeness (QED) is 0.688. The molecule has 0 unspecified atom stereocenters. The van der Waals surface area contributed by atoms with Crippen LogP contribution in [-0.4, -0.2) is 5.78 Å². The number of hydrogen-bond donors (Lipinski definition) is 0. The minimum Gasteiger partial charge on any atom is -0.294 e. The Labute approximate surface area is 82.0 Å². The summed E-state index contributed by atoms with van der Waals surface area (Å²) in [5, 5.41) is 8.40. The largest absolute Gasteiger partial charge is 0.294 e. The zero-order valence-corrected chi connectivity index (χ0v) is 7.88. The predicted molar refractivity (Wildman–Crippen MR) is 50.3 cm³/mol. The summed E-state index contributed by atoms with van der Waals surface area (Å²) < 4.78 is 13.3. The van der Waals surface area contributed by atoms with E-state index in [-0.39, 0.29) is 24.2 Å². The van der Waals surface area contributed by atoms with Gasteiger partial charge < -0.3 is 0 Å². The molecule has 0 N–H and O–H groups in total. The number of carbonyl (C=O) groups excluding carboxylic acids is 1. The van der Waals surface area contributed by atoms with E-state index in [1.807, 2.05) is 6.07 Å². The molecule has 0 aliphatic rings. The summed E-state index contributed by atoms with van der Waals surface area (Å²) in [6, 6.07) is 6.21. The molecule has 0 spiro atoms. The van der Waals surface area contributed by atoms with Gasteiger partial charge in [0.1, 0.15) is 5.82 Å². The van der Waals surface area contributed by atoms with Crippen molar-refractivity contribution in [3.8, 4) is 6.07 Å². The highest BCUT2D eigenvalue weighted by Crippen LogP contribution is 2.12. The smallest absolute Gasteiger partial charge is 0.165 e. The second-order valence-corrected chi connectivity index (χ2v) is 2.93. The Bertz CT molecular complexity index is 393. The van der Waals surface area contributed by atoms with Crippen molar-refractivity contribution in [2.75, 3.05) is 0 Å². The zero-order chi connectivity index (χ0) is 10.6. The van der Waals surface area contributed by atoms with Gasteiger partial charge in [-0.1, -0.05) is 13.0 Å². The maximum Gasteiger partial charge on any atom is 0.165 e. The lowest BCUT2D eigenvalue weighted by Crippen LogP contribution is -2.01. The van der Waals surface area contributed by atoms with Gasteiger partial charge in [-0.05, 0) is 17.7 Å². The maximum absolute atomic E-state index is 13.3. The molecule has 0 atom stereocenters. The molecular formula is C11H10FNO. The number of benzene rings is 1. The summed E-state index contributed by atoms with van der Waals surface area (Å²) >= 11 is 0. The monoisotopic (exact) mass is 191 g/mol. The summed E-state index contributed by atoms with van der Waals surface area (Å²) in [6.45, 7) is 1.69. The average molecular weight is 191 g/mol. The van der Waals surface area contributed by atoms with Gasteiger partial charge in [0.2, 0.25) is 0 Å². The fourth-order valence-corrected chi connectivity index (χ4v) is 1.18. The molecule has 0 aliphatic heterocycles. The first-order valence-corrected chi connectivity index (χ1v) is 4.37. The lowest BCUT2D eigenvalue weighted by molar-refractivity contribution is 0.0984. The molecule has 0 bridgehead atoms. The van der Waals surface area contributed by atoms with E-state index in [4.69, 9.17) is 5.26 Å². The number of Topliss-reactive ketones (excluding diaryl/α,β-unsaturated/α-hetero) is 1. The van der Waals surface area contributed by atoms with Crippen LogP contribution in [0, 0.1) is 17.1 Å². The van der Waals surface area contributed by atoms with E-state index in [1.54, 1.807) is 13.0 Å². The third-order valence-corrected chi connectivity index (χ3v) is 1.94. The lowest BCUT2D eigenvalue weighted by Gasteiger charge is -2.01. The fraction of sp³-hybridized carbons (Fsp3) is 0.273. The van der Waals surface area contributed by atoms with E-state index in [0.717, 1.165) is 0 Å². The van der Waals surface area contributed by atoms with Crippen LogP contribution >= 0.6 is 0 Å². The number of nitriles is 1. The molecule has 2 nitrogen and oxygen atoms in total. The molecule has 0 radical (unpaired) electrons. The van der Waals surface area contributed by atoms with Gasteiger partial charge in [-0.3, -0.25) is 4.79 Å². The van der Waals surface area contributed by atoms with Gasteiger partial charge in [-0.25, -0.2) is 4.39 Å². The highest BCUT2D eigenvalue weighted by Gasteiger charge is 2.09. The van der Waals surface area contributed by atoms with Crippen molar-refractivity contribution in [1.82, 2.24) is 0 Å². The molecule has 0 heterocycles. The molecule has 0 saturated heterocycles. The number of carbonyl (C=O) groups is 1. The van der Waals surface area contributed by atoms with Crippen molar-refractivity contribution < 1.29 is 9.18 Å². The highest BCUT2D eigenvalue weighted by molar-refractivity contribution is 5.96. The normalized spacial score (nSPS) is 9.50. The number of rotatable bonds is 3. The minimum absolute atomic E-state index is 0.106. The van der Waals surface area contributed by atoms with Gasteiger partial charge >= 0.3 is 0 Å². The van der Waals surface area contributed by atoms with Crippen molar-refractivity contribution >= 4 is 5.78 Å². The molecule has 72 valence electrons. The third kappa shape index (κ3) is 2.17. The van der Waals surface area contributed by atoms with Crippen LogP contribution in [0.4, 0.5) is 4.39 Å². The minimum atomic E-state index is -0.537. The van der Waals surface area contributed by atoms with Crippen LogP contribution in [-0.2, 0) is 6.42 Å². The first kappa shape index (κ1) is 10.4. The van der Waals surface area contributed by atoms with E-state index in [0.29, 0.717) is 5.56 Å². The maximum atomic E-state index is 13.3. The molecular weight excluding hydrogens is 181 g/mol. The number of ketones is 1. The van der Waals surface area contributed by atoms with Crippen LogP contribution in [0.3, 0.4) is 0 Å². The summed E-state index contributed by atoms with van der Waals surface area (Å²) in [7, 11) is 0. The van der Waals surface area contributed by atoms with Crippen LogP contribution in [0.25, 0.3) is 0 Å². The summed E-state index contributed by atoms with van der Waals surface area (Å²) in [6.07, 6.45) is 0.450. The van der Waals surface area contributed by atoms with Crippen molar-refractivity contribution in [3.05, 3.63) is 35.1 Å². The highest BCUT2D eigenvalue weighted by atomic mass is 19.1. The van der Waals surface area contributed by atoms with E-state index < -0.39 is 5.82 Å². The first-order valence-electron chi connectivity index (χ1n) is 4.37. The Morgan fingerprint density at radius 3 is 2.79 bits per heavy atom. The Kier molecular flexibility index (Phi) is 3.35. The molecule has 0 amide bonds. The second kappa shape index (κ2) is 4.52. The number of nitrogens with zero attached hydrogens (tertiary/aromatic N) is 1. The SMILES string of the molecule is CCC(=O)c1ccc(CC#N)cc1F. The lowest BCUT2D eigenvalue weighted by atomic mass is 10.0. The van der Waals surface area contributed by atoms with Gasteiger partial charge in [-0.15, -0.1) is 0 Å². The first-order chi connectivity index (χ1) is 6.69. The number of hydrogen-bond acceptors (Lipinski definition) is 2. The topological polar surface area (TPSA) is 40.9 Å². The van der Waals surface area contributed by atoms with Crippen molar-refractivity contribution in [2.45, 2.75) is 19.8 Å². The zero-order valence-electron chi connectivity index (χ0n) is 7.88. The molecule has 1 aromatic rings. The molecule has 0 saturated carbocycles. The molecule has 1 rings (SSSR count). The fourth-order valence-electron chi connectivity index (χ4n) is 1.18. The van der Waals surface area contributed by atoms with Gasteiger partial charge in [-0.2, -0.15) is 5.26 Å². The second-order valence-electron chi connectivity index (χ2n) is 2.93. The molecule has 14 heavy (non-hydrogen) atoms. The Morgan fingerprint density at radius 1 is 1.57 bits per heavy atom. The van der Waals surface area contributed by atoms with Crippen LogP contribution in [0.1, 0.15) is 29.3 Å². The number of halogens is 1. The molecule has 0 fully saturated rings. The van der Waals surface area contributed by atoms with Gasteiger partial charge in [0.15, 0.2) is 5.78 Å². The van der Waals surface area contributed by atoms with Crippen molar-refractivity contribution in [2.24, 2.45) is 0 Å². The van der Waals surface area contributed by atoms with E-state index in [9.17, 15) is 9.18 Å². The van der Waals surface area contributed by atoms with Gasteiger partial charge in [0, 0.05) is 6.42 Å². The van der Waals surface area contributed by atoms with Crippen LogP contribution in [0.2, 0.25) is 0 Å². The molecule has 0 aromatic heterocycles. The van der Waals surface area contributed by atoms with Gasteiger partial charge in [0.05, 0.1) is 18.1 Å². The Morgan fingerprint density at radius 2 is 2.29 bits per heavy atom. The third-order valence-electron chi connectivity index (χ3n) is 1.94. The molecule has 0 aliphatic carbocycles. The Hall–Kier alpha value is -1.69. The standard InChI is InChI=1S/C11H10FNO/c1-2-11(14)9-4-3-8(5-6-13)7-10(9)12/h3-4,7H,2,5H2,1H3. The predicted octanol–water partition coefficient (Wildman–Crippen LogP) is 2.48. The van der Waals surface area contributed by atoms with E-state index >= 15 is 0 Å². The van der Waals surface area contributed by atoms with E-state index in [2.05, 4.69) is 0 Å².